The summed E-state index contributed by atoms with van der Waals surface area (Å²) in [5.41, 5.74) is 2.70. The molecule has 3 aromatic rings. The van der Waals surface area contributed by atoms with E-state index >= 15 is 0 Å². The van der Waals surface area contributed by atoms with Crippen LogP contribution in [0.3, 0.4) is 0 Å². The Bertz CT molecular complexity index is 1030. The smallest absolute Gasteiger partial charge is 0.272 e. The molecule has 1 N–H and O–H groups in total. The van der Waals surface area contributed by atoms with Crippen molar-refractivity contribution in [2.24, 2.45) is 0 Å². The maximum absolute atomic E-state index is 12.9. The normalized spacial score (nSPS) is 14.4. The first kappa shape index (κ1) is 19.2. The molecule has 1 aromatic heterocycles. The largest absolute Gasteiger partial charge is 0.344 e. The lowest BCUT2D eigenvalue weighted by Crippen LogP contribution is -2.39. The van der Waals surface area contributed by atoms with E-state index in [-0.39, 0.29) is 23.6 Å². The summed E-state index contributed by atoms with van der Waals surface area (Å²) in [6.45, 7) is 3.50. The first-order chi connectivity index (χ1) is 14.0. The highest BCUT2D eigenvalue weighted by atomic mass is 35.5. The summed E-state index contributed by atoms with van der Waals surface area (Å²) in [5, 5.41) is 7.95. The second kappa shape index (κ2) is 8.09. The average molecular weight is 409 g/mol. The van der Waals surface area contributed by atoms with Crippen molar-refractivity contribution in [3.63, 3.8) is 0 Å². The Morgan fingerprint density at radius 2 is 1.86 bits per heavy atom. The van der Waals surface area contributed by atoms with Crippen molar-refractivity contribution in [2.75, 3.05) is 6.54 Å². The van der Waals surface area contributed by atoms with Gasteiger partial charge in [-0.2, -0.15) is 5.10 Å². The number of nitrogens with one attached hydrogen (secondary N) is 1. The van der Waals surface area contributed by atoms with Gasteiger partial charge in [-0.25, -0.2) is 0 Å². The van der Waals surface area contributed by atoms with E-state index < -0.39 is 0 Å². The molecule has 2 aromatic carbocycles. The van der Waals surface area contributed by atoms with E-state index in [4.69, 9.17) is 11.6 Å². The van der Waals surface area contributed by atoms with Crippen molar-refractivity contribution in [1.29, 1.82) is 0 Å². The Hall–Kier alpha value is -3.12. The molecule has 0 radical (unpaired) electrons. The molecule has 0 saturated heterocycles. The Kier molecular flexibility index (Phi) is 5.36. The van der Waals surface area contributed by atoms with Gasteiger partial charge in [0, 0.05) is 24.2 Å². The van der Waals surface area contributed by atoms with Gasteiger partial charge in [-0.15, -0.1) is 0 Å². The summed E-state index contributed by atoms with van der Waals surface area (Å²) in [7, 11) is 0. The van der Waals surface area contributed by atoms with Crippen LogP contribution in [0.2, 0.25) is 5.02 Å². The van der Waals surface area contributed by atoms with E-state index in [0.29, 0.717) is 30.4 Å². The van der Waals surface area contributed by atoms with Gasteiger partial charge in [0.15, 0.2) is 5.69 Å². The lowest BCUT2D eigenvalue weighted by atomic mass is 10.1. The number of rotatable bonds is 5. The highest BCUT2D eigenvalue weighted by molar-refractivity contribution is 6.30. The van der Waals surface area contributed by atoms with Crippen LogP contribution < -0.4 is 5.32 Å². The molecule has 2 heterocycles. The third-order valence-corrected chi connectivity index (χ3v) is 5.29. The van der Waals surface area contributed by atoms with Crippen molar-refractivity contribution in [2.45, 2.75) is 26.1 Å². The van der Waals surface area contributed by atoms with Crippen LogP contribution in [0.5, 0.6) is 0 Å². The van der Waals surface area contributed by atoms with Crippen molar-refractivity contribution in [3.8, 4) is 0 Å². The van der Waals surface area contributed by atoms with Gasteiger partial charge in [-0.3, -0.25) is 14.3 Å². The molecular weight excluding hydrogens is 388 g/mol. The number of carbonyl (C=O) groups excluding carboxylic acids is 2. The first-order valence-corrected chi connectivity index (χ1v) is 9.86. The van der Waals surface area contributed by atoms with Crippen LogP contribution in [0.15, 0.2) is 60.7 Å². The molecule has 1 aliphatic heterocycles. The van der Waals surface area contributed by atoms with Gasteiger partial charge in [0.05, 0.1) is 12.6 Å². The molecule has 0 saturated carbocycles. The highest BCUT2D eigenvalue weighted by Crippen LogP contribution is 2.19. The number of carbonyl (C=O) groups is 2. The van der Waals surface area contributed by atoms with E-state index in [1.54, 1.807) is 15.6 Å². The number of hydrogen-bond acceptors (Lipinski definition) is 3. The molecule has 0 bridgehead atoms. The molecule has 0 spiro atoms. The average Bonchev–Trinajstić information content (AvgIpc) is 3.18. The second-order valence-corrected chi connectivity index (χ2v) is 7.53. The summed E-state index contributed by atoms with van der Waals surface area (Å²) in [6.07, 6.45) is 0. The van der Waals surface area contributed by atoms with Gasteiger partial charge < -0.3 is 10.2 Å². The number of aromatic nitrogens is 2. The van der Waals surface area contributed by atoms with E-state index in [0.717, 1.165) is 11.1 Å². The van der Waals surface area contributed by atoms with Crippen molar-refractivity contribution in [1.82, 2.24) is 20.0 Å². The van der Waals surface area contributed by atoms with Crippen LogP contribution in [-0.2, 0) is 13.1 Å². The SMILES string of the molecule is CC(NC(=O)c1cc2n(n1)CCN(Cc1ccc(Cl)cc1)C2=O)c1ccccc1. The van der Waals surface area contributed by atoms with Crippen LogP contribution in [0.1, 0.15) is 45.1 Å². The van der Waals surface area contributed by atoms with E-state index in [1.807, 2.05) is 61.5 Å². The van der Waals surface area contributed by atoms with Crippen LogP contribution in [0, 0.1) is 0 Å². The summed E-state index contributed by atoms with van der Waals surface area (Å²) < 4.78 is 1.61. The second-order valence-electron chi connectivity index (χ2n) is 7.10. The van der Waals surface area contributed by atoms with E-state index in [1.165, 1.54) is 0 Å². The number of halogens is 1. The summed E-state index contributed by atoms with van der Waals surface area (Å²) >= 11 is 5.93. The van der Waals surface area contributed by atoms with Crippen molar-refractivity contribution in [3.05, 3.63) is 88.2 Å². The minimum Gasteiger partial charge on any atom is -0.344 e. The fourth-order valence-electron chi connectivity index (χ4n) is 3.41. The zero-order valence-electron chi connectivity index (χ0n) is 16.0. The Morgan fingerprint density at radius 3 is 2.59 bits per heavy atom. The molecule has 6 nitrogen and oxygen atoms in total. The lowest BCUT2D eigenvalue weighted by molar-refractivity contribution is 0.0683. The number of hydrogen-bond donors (Lipinski definition) is 1. The number of amides is 2. The molecule has 4 rings (SSSR count). The Labute approximate surface area is 174 Å². The van der Waals surface area contributed by atoms with Gasteiger partial charge >= 0.3 is 0 Å². The summed E-state index contributed by atoms with van der Waals surface area (Å²) in [4.78, 5) is 27.3. The van der Waals surface area contributed by atoms with E-state index in [9.17, 15) is 9.59 Å². The molecule has 148 valence electrons. The summed E-state index contributed by atoms with van der Waals surface area (Å²) in [6, 6.07) is 18.6. The number of nitrogens with zero attached hydrogens (tertiary/aromatic N) is 3. The monoisotopic (exact) mass is 408 g/mol. The van der Waals surface area contributed by atoms with Gasteiger partial charge in [-0.05, 0) is 30.2 Å². The fraction of sp³-hybridized carbons (Fsp3) is 0.227. The molecule has 29 heavy (non-hydrogen) atoms. The predicted octanol–water partition coefficient (Wildman–Crippen LogP) is 3.68. The summed E-state index contributed by atoms with van der Waals surface area (Å²) in [5.74, 6) is -0.422. The molecule has 1 aliphatic rings. The third kappa shape index (κ3) is 4.17. The molecule has 2 amide bonds. The van der Waals surface area contributed by atoms with Crippen molar-refractivity contribution < 1.29 is 9.59 Å². The van der Waals surface area contributed by atoms with E-state index in [2.05, 4.69) is 10.4 Å². The number of fused-ring (bicyclic) bond motifs is 1. The maximum atomic E-state index is 12.9. The first-order valence-electron chi connectivity index (χ1n) is 9.48. The Balaban J connectivity index is 1.46. The van der Waals surface area contributed by atoms with Crippen LogP contribution >= 0.6 is 11.6 Å². The fourth-order valence-corrected chi connectivity index (χ4v) is 3.53. The maximum Gasteiger partial charge on any atom is 0.272 e. The van der Waals surface area contributed by atoms with Crippen LogP contribution in [0.4, 0.5) is 0 Å². The van der Waals surface area contributed by atoms with Gasteiger partial charge in [0.1, 0.15) is 5.69 Å². The topological polar surface area (TPSA) is 67.2 Å². The standard InChI is InChI=1S/C22H21ClN4O2/c1-15(17-5-3-2-4-6-17)24-21(28)19-13-20-22(29)26(11-12-27(20)25-19)14-16-7-9-18(23)10-8-16/h2-10,13,15H,11-12,14H2,1H3,(H,24,28). The molecule has 1 atom stereocenters. The third-order valence-electron chi connectivity index (χ3n) is 5.03. The molecule has 1 unspecified atom stereocenters. The molecule has 0 fully saturated rings. The Morgan fingerprint density at radius 1 is 1.14 bits per heavy atom. The predicted molar refractivity (Wildman–Crippen MR) is 111 cm³/mol. The lowest BCUT2D eigenvalue weighted by Gasteiger charge is -2.27. The quantitative estimate of drug-likeness (QED) is 0.700. The van der Waals surface area contributed by atoms with Crippen molar-refractivity contribution >= 4 is 23.4 Å². The minimum atomic E-state index is -0.291. The molecule has 0 aliphatic carbocycles. The number of benzene rings is 2. The zero-order chi connectivity index (χ0) is 20.4. The van der Waals surface area contributed by atoms with Crippen LogP contribution in [-0.4, -0.2) is 33.0 Å². The highest BCUT2D eigenvalue weighted by Gasteiger charge is 2.28. The van der Waals surface area contributed by atoms with Gasteiger partial charge in [-0.1, -0.05) is 54.1 Å². The molecular formula is C22H21ClN4O2. The zero-order valence-corrected chi connectivity index (χ0v) is 16.8. The van der Waals surface area contributed by atoms with Gasteiger partial charge in [0.2, 0.25) is 0 Å². The van der Waals surface area contributed by atoms with Crippen LogP contribution in [0.25, 0.3) is 0 Å². The minimum absolute atomic E-state index is 0.131. The van der Waals surface area contributed by atoms with Gasteiger partial charge in [0.25, 0.3) is 11.8 Å². The molecule has 7 heteroatoms.